The van der Waals surface area contributed by atoms with E-state index in [-0.39, 0.29) is 41.8 Å². The maximum Gasteiger partial charge on any atom is 0.276 e. The summed E-state index contributed by atoms with van der Waals surface area (Å²) < 4.78 is 33.3. The highest BCUT2D eigenvalue weighted by Gasteiger charge is 2.34. The van der Waals surface area contributed by atoms with E-state index in [2.05, 4.69) is 10.1 Å². The van der Waals surface area contributed by atoms with E-state index in [0.717, 1.165) is 6.07 Å². The Morgan fingerprint density at radius 2 is 1.92 bits per heavy atom. The van der Waals surface area contributed by atoms with Crippen molar-refractivity contribution in [2.24, 2.45) is 5.92 Å². The first-order valence-corrected chi connectivity index (χ1v) is 12.1. The van der Waals surface area contributed by atoms with Crippen molar-refractivity contribution in [3.05, 3.63) is 83.0 Å². The zero-order valence-electron chi connectivity index (χ0n) is 20.7. The van der Waals surface area contributed by atoms with E-state index in [0.29, 0.717) is 42.8 Å². The Bertz CT molecular complexity index is 1210. The molecule has 4 rings (SSSR count). The Morgan fingerprint density at radius 1 is 1.17 bits per heavy atom. The summed E-state index contributed by atoms with van der Waals surface area (Å²) in [6.45, 7) is 4.89. The standard InChI is InChI=1S/C27H30F2N4O3/c1-17(2)25-15-23(31-36-25)27(35)33-11-8-18(9-12-33)24(13-19-6-7-21(28)14-22(19)29)32(3)26(34)20-5-4-10-30-16-20/h4-7,10,14-18,24H,8-9,11-13H2,1-3H3/t24-/m1/s1. The lowest BCUT2D eigenvalue weighted by atomic mass is 9.84. The lowest BCUT2D eigenvalue weighted by Crippen LogP contribution is -2.48. The number of pyridine rings is 1. The first kappa shape index (κ1) is 25.5. The summed E-state index contributed by atoms with van der Waals surface area (Å²) in [4.78, 5) is 33.6. The van der Waals surface area contributed by atoms with Crippen molar-refractivity contribution >= 4 is 11.8 Å². The molecule has 1 atom stereocenters. The first-order valence-electron chi connectivity index (χ1n) is 12.1. The number of nitrogens with zero attached hydrogens (tertiary/aromatic N) is 4. The van der Waals surface area contributed by atoms with Gasteiger partial charge in [-0.05, 0) is 48.9 Å². The summed E-state index contributed by atoms with van der Waals surface area (Å²) in [6.07, 6.45) is 4.57. The summed E-state index contributed by atoms with van der Waals surface area (Å²) in [7, 11) is 1.70. The van der Waals surface area contributed by atoms with Crippen molar-refractivity contribution in [3.63, 3.8) is 0 Å². The van der Waals surface area contributed by atoms with E-state index < -0.39 is 11.6 Å². The molecule has 0 saturated carbocycles. The van der Waals surface area contributed by atoms with Gasteiger partial charge in [0.05, 0.1) is 5.56 Å². The van der Waals surface area contributed by atoms with Crippen molar-refractivity contribution in [2.45, 2.75) is 45.1 Å². The van der Waals surface area contributed by atoms with E-state index >= 15 is 0 Å². The van der Waals surface area contributed by atoms with Crippen LogP contribution in [0.5, 0.6) is 0 Å². The molecule has 3 heterocycles. The number of amides is 2. The van der Waals surface area contributed by atoms with Crippen LogP contribution < -0.4 is 0 Å². The van der Waals surface area contributed by atoms with Gasteiger partial charge in [0.1, 0.15) is 17.4 Å². The molecule has 2 amide bonds. The Hall–Kier alpha value is -3.62. The fraction of sp³-hybridized carbons (Fsp3) is 0.407. The topological polar surface area (TPSA) is 79.5 Å². The number of carbonyl (C=O) groups is 2. The minimum atomic E-state index is -0.645. The second kappa shape index (κ2) is 11.0. The third-order valence-corrected chi connectivity index (χ3v) is 6.86. The molecule has 3 aromatic rings. The highest BCUT2D eigenvalue weighted by molar-refractivity contribution is 5.94. The Morgan fingerprint density at radius 3 is 2.53 bits per heavy atom. The fourth-order valence-electron chi connectivity index (χ4n) is 4.69. The van der Waals surface area contributed by atoms with Crippen LogP contribution in [0.2, 0.25) is 0 Å². The summed E-state index contributed by atoms with van der Waals surface area (Å²) in [5.74, 6) is -0.902. The molecule has 36 heavy (non-hydrogen) atoms. The van der Waals surface area contributed by atoms with Crippen LogP contribution in [0.3, 0.4) is 0 Å². The second-order valence-corrected chi connectivity index (χ2v) is 9.56. The molecule has 0 radical (unpaired) electrons. The fourth-order valence-corrected chi connectivity index (χ4v) is 4.69. The number of hydrogen-bond donors (Lipinski definition) is 0. The minimum absolute atomic E-state index is 0.00709. The molecule has 0 N–H and O–H groups in total. The normalized spacial score (nSPS) is 15.2. The maximum absolute atomic E-state index is 14.6. The molecule has 0 aliphatic carbocycles. The van der Waals surface area contributed by atoms with E-state index in [4.69, 9.17) is 4.52 Å². The molecular formula is C27H30F2N4O3. The van der Waals surface area contributed by atoms with Crippen LogP contribution in [-0.4, -0.2) is 57.9 Å². The number of halogens is 2. The number of likely N-dealkylation sites (N-methyl/N-ethyl adjacent to an activating group) is 1. The SMILES string of the molecule is CC(C)c1cc(C(=O)N2CCC([C@@H](Cc3ccc(F)cc3F)N(C)C(=O)c3cccnc3)CC2)no1. The molecule has 7 nitrogen and oxygen atoms in total. The number of hydrogen-bond acceptors (Lipinski definition) is 5. The highest BCUT2D eigenvalue weighted by Crippen LogP contribution is 2.29. The predicted octanol–water partition coefficient (Wildman–Crippen LogP) is 4.71. The number of benzene rings is 1. The van der Waals surface area contributed by atoms with Gasteiger partial charge in [-0.2, -0.15) is 0 Å². The van der Waals surface area contributed by atoms with Crippen LogP contribution in [-0.2, 0) is 6.42 Å². The van der Waals surface area contributed by atoms with Gasteiger partial charge < -0.3 is 14.3 Å². The summed E-state index contributed by atoms with van der Waals surface area (Å²) in [6, 6.07) is 8.22. The molecule has 2 aromatic heterocycles. The van der Waals surface area contributed by atoms with Crippen molar-refractivity contribution in [2.75, 3.05) is 20.1 Å². The van der Waals surface area contributed by atoms with Crippen LogP contribution in [0.4, 0.5) is 8.78 Å². The van der Waals surface area contributed by atoms with Crippen molar-refractivity contribution in [3.8, 4) is 0 Å². The first-order chi connectivity index (χ1) is 17.2. The molecule has 1 aliphatic heterocycles. The number of aromatic nitrogens is 2. The van der Waals surface area contributed by atoms with Crippen molar-refractivity contribution in [1.82, 2.24) is 19.9 Å². The molecule has 1 saturated heterocycles. The van der Waals surface area contributed by atoms with Crippen molar-refractivity contribution < 1.29 is 22.9 Å². The molecule has 190 valence electrons. The molecule has 1 fully saturated rings. The largest absolute Gasteiger partial charge is 0.360 e. The molecule has 0 bridgehead atoms. The van der Waals surface area contributed by atoms with Gasteiger partial charge in [0.15, 0.2) is 5.69 Å². The van der Waals surface area contributed by atoms with Gasteiger partial charge >= 0.3 is 0 Å². The van der Waals surface area contributed by atoms with Crippen LogP contribution in [0.1, 0.15) is 64.8 Å². The number of likely N-dealkylation sites (tertiary alicyclic amines) is 1. The number of piperidine rings is 1. The average molecular weight is 497 g/mol. The third-order valence-electron chi connectivity index (χ3n) is 6.86. The maximum atomic E-state index is 14.6. The van der Waals surface area contributed by atoms with Gasteiger partial charge in [-0.3, -0.25) is 14.6 Å². The molecule has 1 aromatic carbocycles. The van der Waals surface area contributed by atoms with E-state index in [1.165, 1.54) is 18.3 Å². The molecule has 0 unspecified atom stereocenters. The minimum Gasteiger partial charge on any atom is -0.360 e. The molecular weight excluding hydrogens is 466 g/mol. The monoisotopic (exact) mass is 496 g/mol. The zero-order chi connectivity index (χ0) is 25.8. The van der Waals surface area contributed by atoms with Crippen LogP contribution in [0, 0.1) is 17.6 Å². The quantitative estimate of drug-likeness (QED) is 0.474. The van der Waals surface area contributed by atoms with Crippen LogP contribution in [0.25, 0.3) is 0 Å². The average Bonchev–Trinajstić information content (AvgIpc) is 3.39. The summed E-state index contributed by atoms with van der Waals surface area (Å²) in [5.41, 5.74) is 1.06. The number of rotatable bonds is 7. The third kappa shape index (κ3) is 5.61. The van der Waals surface area contributed by atoms with E-state index in [1.807, 2.05) is 13.8 Å². The Balaban J connectivity index is 1.51. The van der Waals surface area contributed by atoms with Gasteiger partial charge in [-0.15, -0.1) is 0 Å². The predicted molar refractivity (Wildman–Crippen MR) is 129 cm³/mol. The Kier molecular flexibility index (Phi) is 7.76. The van der Waals surface area contributed by atoms with E-state index in [9.17, 15) is 18.4 Å². The zero-order valence-corrected chi connectivity index (χ0v) is 20.7. The van der Waals surface area contributed by atoms with Gasteiger partial charge in [-0.1, -0.05) is 25.1 Å². The van der Waals surface area contributed by atoms with E-state index in [1.54, 1.807) is 41.2 Å². The van der Waals surface area contributed by atoms with Crippen molar-refractivity contribution in [1.29, 1.82) is 0 Å². The molecule has 9 heteroatoms. The van der Waals surface area contributed by atoms with Gasteiger partial charge in [0.2, 0.25) is 0 Å². The summed E-state index contributed by atoms with van der Waals surface area (Å²) >= 11 is 0. The lowest BCUT2D eigenvalue weighted by Gasteiger charge is -2.40. The molecule has 0 spiro atoms. The van der Waals surface area contributed by atoms with Gasteiger partial charge in [-0.25, -0.2) is 8.78 Å². The highest BCUT2D eigenvalue weighted by atomic mass is 19.1. The number of carbonyl (C=O) groups excluding carboxylic acids is 2. The summed E-state index contributed by atoms with van der Waals surface area (Å²) in [5, 5.41) is 3.93. The Labute approximate surface area is 209 Å². The van der Waals surface area contributed by atoms with Gasteiger partial charge in [0.25, 0.3) is 11.8 Å². The van der Waals surface area contributed by atoms with Crippen LogP contribution in [0.15, 0.2) is 53.3 Å². The lowest BCUT2D eigenvalue weighted by molar-refractivity contribution is 0.0516. The molecule has 1 aliphatic rings. The second-order valence-electron chi connectivity index (χ2n) is 9.56. The smallest absolute Gasteiger partial charge is 0.276 e. The van der Waals surface area contributed by atoms with Crippen LogP contribution >= 0.6 is 0 Å². The van der Waals surface area contributed by atoms with Gasteiger partial charge in [0, 0.05) is 56.6 Å².